The van der Waals surface area contributed by atoms with Crippen molar-refractivity contribution in [2.75, 3.05) is 13.2 Å². The van der Waals surface area contributed by atoms with E-state index in [0.29, 0.717) is 13.2 Å². The highest BCUT2D eigenvalue weighted by Gasteiger charge is 2.08. The van der Waals surface area contributed by atoms with Gasteiger partial charge in [0.25, 0.3) is 0 Å². The van der Waals surface area contributed by atoms with Crippen LogP contribution in [0.25, 0.3) is 0 Å². The molecule has 1 N–H and O–H groups in total. The molecule has 0 aromatic carbocycles. The van der Waals surface area contributed by atoms with Gasteiger partial charge in [-0.1, -0.05) is 6.92 Å². The van der Waals surface area contributed by atoms with Crippen LogP contribution in [0.1, 0.15) is 24.3 Å². The third-order valence-electron chi connectivity index (χ3n) is 2.18. The summed E-state index contributed by atoms with van der Waals surface area (Å²) >= 11 is 5.25. The van der Waals surface area contributed by atoms with Gasteiger partial charge < -0.3 is 10.1 Å². The number of ether oxygens (including phenoxy) is 1. The molecule has 3 nitrogen and oxygen atoms in total. The first-order valence-corrected chi connectivity index (χ1v) is 7.01. The third kappa shape index (κ3) is 3.79. The van der Waals surface area contributed by atoms with Gasteiger partial charge >= 0.3 is 6.09 Å². The Morgan fingerprint density at radius 2 is 2.31 bits per heavy atom. The lowest BCUT2D eigenvalue weighted by atomic mass is 10.2. The second-order valence-electron chi connectivity index (χ2n) is 3.24. The number of hydrogen-bond donors (Lipinski definition) is 1. The molecular formula is C11H16BrNO2S. The summed E-state index contributed by atoms with van der Waals surface area (Å²) < 4.78 is 5.96. The van der Waals surface area contributed by atoms with Crippen LogP contribution in [-0.2, 0) is 17.6 Å². The molecule has 1 amide bonds. The Labute approximate surface area is 108 Å². The summed E-state index contributed by atoms with van der Waals surface area (Å²) in [6, 6.07) is 0. The van der Waals surface area contributed by atoms with Gasteiger partial charge in [0.2, 0.25) is 0 Å². The fourth-order valence-electron chi connectivity index (χ4n) is 1.43. The molecule has 0 unspecified atom stereocenters. The maximum absolute atomic E-state index is 11.1. The number of carbonyl (C=O) groups is 1. The van der Waals surface area contributed by atoms with E-state index in [1.54, 1.807) is 18.3 Å². The first-order chi connectivity index (χ1) is 7.69. The zero-order valence-corrected chi connectivity index (χ0v) is 11.9. The first-order valence-electron chi connectivity index (χ1n) is 5.34. The fourth-order valence-corrected chi connectivity index (χ4v) is 3.37. The highest BCUT2D eigenvalue weighted by molar-refractivity contribution is 9.10. The summed E-state index contributed by atoms with van der Waals surface area (Å²) in [5.41, 5.74) is 1.34. The zero-order chi connectivity index (χ0) is 12.0. The molecule has 0 bridgehead atoms. The Hall–Kier alpha value is -0.550. The number of amides is 1. The van der Waals surface area contributed by atoms with E-state index in [1.165, 1.54) is 14.9 Å². The number of thiophene rings is 1. The van der Waals surface area contributed by atoms with Crippen LogP contribution in [-0.4, -0.2) is 19.2 Å². The van der Waals surface area contributed by atoms with Crippen LogP contribution in [0.3, 0.4) is 0 Å². The number of halogens is 1. The summed E-state index contributed by atoms with van der Waals surface area (Å²) in [5.74, 6) is 0. The smallest absolute Gasteiger partial charge is 0.407 e. The van der Waals surface area contributed by atoms with Crippen LogP contribution in [0.2, 0.25) is 0 Å². The zero-order valence-electron chi connectivity index (χ0n) is 9.51. The highest BCUT2D eigenvalue weighted by atomic mass is 79.9. The molecule has 0 saturated carbocycles. The Morgan fingerprint density at radius 3 is 2.94 bits per heavy atom. The molecule has 90 valence electrons. The van der Waals surface area contributed by atoms with Crippen LogP contribution in [0.5, 0.6) is 0 Å². The Bertz CT molecular complexity index is 352. The minimum absolute atomic E-state index is 0.337. The first kappa shape index (κ1) is 13.5. The van der Waals surface area contributed by atoms with E-state index in [2.05, 4.69) is 33.6 Å². The molecule has 1 aromatic rings. The number of hydrogen-bond acceptors (Lipinski definition) is 3. The maximum Gasteiger partial charge on any atom is 0.407 e. The number of alkyl carbamates (subject to hydrolysis) is 1. The van der Waals surface area contributed by atoms with Crippen molar-refractivity contribution in [2.24, 2.45) is 0 Å². The quantitative estimate of drug-likeness (QED) is 0.906. The van der Waals surface area contributed by atoms with E-state index in [1.807, 2.05) is 0 Å². The van der Waals surface area contributed by atoms with Crippen molar-refractivity contribution in [3.05, 3.63) is 20.3 Å². The van der Waals surface area contributed by atoms with Crippen molar-refractivity contribution in [2.45, 2.75) is 26.7 Å². The lowest BCUT2D eigenvalue weighted by Gasteiger charge is -2.05. The summed E-state index contributed by atoms with van der Waals surface area (Å²) in [7, 11) is 0. The van der Waals surface area contributed by atoms with Crippen molar-refractivity contribution in [3.8, 4) is 0 Å². The molecule has 0 aliphatic rings. The van der Waals surface area contributed by atoms with Gasteiger partial charge in [0.05, 0.1) is 6.61 Å². The lowest BCUT2D eigenvalue weighted by Crippen LogP contribution is -2.26. The lowest BCUT2D eigenvalue weighted by molar-refractivity contribution is 0.152. The van der Waals surface area contributed by atoms with E-state index in [-0.39, 0.29) is 6.09 Å². The van der Waals surface area contributed by atoms with E-state index < -0.39 is 0 Å². The summed E-state index contributed by atoms with van der Waals surface area (Å²) in [4.78, 5) is 12.4. The van der Waals surface area contributed by atoms with E-state index in [4.69, 9.17) is 4.74 Å². The van der Waals surface area contributed by atoms with Crippen LogP contribution in [0.15, 0.2) is 9.85 Å². The van der Waals surface area contributed by atoms with Gasteiger partial charge in [0, 0.05) is 21.3 Å². The van der Waals surface area contributed by atoms with E-state index in [9.17, 15) is 4.79 Å². The summed E-state index contributed by atoms with van der Waals surface area (Å²) in [5, 5.41) is 4.82. The van der Waals surface area contributed by atoms with Gasteiger partial charge in [0.15, 0.2) is 0 Å². The van der Waals surface area contributed by atoms with Crippen molar-refractivity contribution >= 4 is 33.4 Å². The predicted octanol–water partition coefficient (Wildman–Crippen LogP) is 3.36. The van der Waals surface area contributed by atoms with Gasteiger partial charge in [-0.15, -0.1) is 11.3 Å². The van der Waals surface area contributed by atoms with Gasteiger partial charge in [-0.3, -0.25) is 0 Å². The van der Waals surface area contributed by atoms with Crippen molar-refractivity contribution in [1.82, 2.24) is 5.32 Å². The topological polar surface area (TPSA) is 38.3 Å². The Kier molecular flexibility index (Phi) is 5.84. The highest BCUT2D eigenvalue weighted by Crippen LogP contribution is 2.28. The second kappa shape index (κ2) is 6.91. The molecule has 0 aliphatic heterocycles. The van der Waals surface area contributed by atoms with Crippen molar-refractivity contribution < 1.29 is 9.53 Å². The van der Waals surface area contributed by atoms with Crippen LogP contribution in [0.4, 0.5) is 4.79 Å². The molecule has 5 heteroatoms. The molecule has 1 aromatic heterocycles. The van der Waals surface area contributed by atoms with Gasteiger partial charge in [-0.25, -0.2) is 4.79 Å². The molecule has 0 spiro atoms. The fraction of sp³-hybridized carbons (Fsp3) is 0.545. The predicted molar refractivity (Wildman–Crippen MR) is 70.1 cm³/mol. The molecule has 0 radical (unpaired) electrons. The van der Waals surface area contributed by atoms with Gasteiger partial charge in [-0.2, -0.15) is 0 Å². The van der Waals surface area contributed by atoms with Crippen molar-refractivity contribution in [3.63, 3.8) is 0 Å². The Balaban J connectivity index is 2.40. The van der Waals surface area contributed by atoms with Crippen LogP contribution in [0, 0.1) is 0 Å². The number of nitrogens with one attached hydrogen (secondary N) is 1. The second-order valence-corrected chi connectivity index (χ2v) is 5.05. The third-order valence-corrected chi connectivity index (χ3v) is 4.28. The molecule has 1 rings (SSSR count). The minimum atomic E-state index is -0.337. The monoisotopic (exact) mass is 305 g/mol. The molecule has 0 atom stereocenters. The van der Waals surface area contributed by atoms with Crippen LogP contribution >= 0.6 is 27.3 Å². The average molecular weight is 306 g/mol. The Morgan fingerprint density at radius 1 is 1.56 bits per heavy atom. The molecule has 0 aliphatic carbocycles. The molecule has 0 saturated heterocycles. The molecule has 1 heterocycles. The summed E-state index contributed by atoms with van der Waals surface area (Å²) in [6.07, 6.45) is 1.54. The maximum atomic E-state index is 11.1. The SMILES string of the molecule is CCOC(=O)NCCc1scc(Br)c1CC. The summed E-state index contributed by atoms with van der Waals surface area (Å²) in [6.45, 7) is 4.97. The largest absolute Gasteiger partial charge is 0.450 e. The standard InChI is InChI=1S/C11H16BrNO2S/c1-3-8-9(12)7-16-10(8)5-6-13-11(14)15-4-2/h7H,3-6H2,1-2H3,(H,13,14). The molecule has 16 heavy (non-hydrogen) atoms. The number of carbonyl (C=O) groups excluding carboxylic acids is 1. The van der Waals surface area contributed by atoms with Gasteiger partial charge in [-0.05, 0) is 41.3 Å². The normalized spacial score (nSPS) is 10.2. The molecular weight excluding hydrogens is 290 g/mol. The van der Waals surface area contributed by atoms with E-state index in [0.717, 1.165) is 12.8 Å². The average Bonchev–Trinajstić information content (AvgIpc) is 2.60. The molecule has 0 fully saturated rings. The van der Waals surface area contributed by atoms with Crippen molar-refractivity contribution in [1.29, 1.82) is 0 Å². The van der Waals surface area contributed by atoms with Gasteiger partial charge in [0.1, 0.15) is 0 Å². The van der Waals surface area contributed by atoms with E-state index >= 15 is 0 Å². The number of rotatable bonds is 5. The minimum Gasteiger partial charge on any atom is -0.450 e. The van der Waals surface area contributed by atoms with Crippen LogP contribution < -0.4 is 5.32 Å².